The second kappa shape index (κ2) is 11.0. The first-order chi connectivity index (χ1) is 18.3. The predicted octanol–water partition coefficient (Wildman–Crippen LogP) is 3.93. The molecule has 0 saturated carbocycles. The van der Waals surface area contributed by atoms with Gasteiger partial charge in [-0.3, -0.25) is 14.4 Å². The molecule has 1 aromatic heterocycles. The second-order valence-corrected chi connectivity index (χ2v) is 11.5. The number of amides is 1. The van der Waals surface area contributed by atoms with Gasteiger partial charge in [-0.15, -0.1) is 0 Å². The first kappa shape index (κ1) is 26.0. The topological polar surface area (TPSA) is 94.6 Å². The van der Waals surface area contributed by atoms with E-state index in [-0.39, 0.29) is 27.6 Å². The van der Waals surface area contributed by atoms with Gasteiger partial charge in [0.25, 0.3) is 15.9 Å². The number of anilines is 2. The van der Waals surface area contributed by atoms with Gasteiger partial charge in [-0.05, 0) is 30.3 Å². The number of carbonyl (C=O) groups is 1. The summed E-state index contributed by atoms with van der Waals surface area (Å²) in [4.78, 5) is 21.6. The molecule has 38 heavy (non-hydrogen) atoms. The molecule has 8 nitrogen and oxygen atoms in total. The van der Waals surface area contributed by atoms with E-state index in [0.29, 0.717) is 36.0 Å². The zero-order valence-corrected chi connectivity index (χ0v) is 21.9. The maximum Gasteiger partial charge on any atom is 0.261 e. The monoisotopic (exact) mass is 557 g/mol. The van der Waals surface area contributed by atoms with Crippen LogP contribution in [-0.2, 0) is 10.0 Å². The number of sulfonamides is 1. The van der Waals surface area contributed by atoms with Gasteiger partial charge in [0.15, 0.2) is 10.9 Å². The molecule has 5 rings (SSSR count). The Bertz CT molecular complexity index is 1560. The quantitative estimate of drug-likeness (QED) is 0.341. The van der Waals surface area contributed by atoms with E-state index in [1.807, 2.05) is 4.90 Å². The smallest absolute Gasteiger partial charge is 0.261 e. The molecule has 2 heterocycles. The number of halogens is 2. The highest BCUT2D eigenvalue weighted by Crippen LogP contribution is 2.31. The Balaban J connectivity index is 1.14. The third-order valence-corrected chi connectivity index (χ3v) is 8.67. The zero-order valence-electron chi connectivity index (χ0n) is 20.2. The highest BCUT2D eigenvalue weighted by atomic mass is 32.2. The Kier molecular flexibility index (Phi) is 7.54. The van der Waals surface area contributed by atoms with Gasteiger partial charge in [0, 0.05) is 45.3 Å². The first-order valence-corrected chi connectivity index (χ1v) is 14.3. The zero-order chi connectivity index (χ0) is 26.7. The number of nitrogens with zero attached hydrogens (tertiary/aromatic N) is 3. The highest BCUT2D eigenvalue weighted by Gasteiger charge is 2.22. The molecule has 0 radical (unpaired) electrons. The number of rotatable bonds is 8. The van der Waals surface area contributed by atoms with Crippen molar-refractivity contribution in [2.45, 2.75) is 4.90 Å². The molecule has 198 valence electrons. The molecule has 2 N–H and O–H groups in total. The van der Waals surface area contributed by atoms with Crippen LogP contribution in [0.15, 0.2) is 71.6 Å². The maximum atomic E-state index is 14.0. The summed E-state index contributed by atoms with van der Waals surface area (Å²) in [5.74, 6) is -1.65. The fourth-order valence-corrected chi connectivity index (χ4v) is 6.40. The predicted molar refractivity (Wildman–Crippen MR) is 144 cm³/mol. The number of piperazine rings is 1. The lowest BCUT2D eigenvalue weighted by Gasteiger charge is -2.34. The normalized spacial score (nSPS) is 14.5. The lowest BCUT2D eigenvalue weighted by atomic mass is 10.1. The number of hydrogen-bond acceptors (Lipinski definition) is 7. The van der Waals surface area contributed by atoms with Crippen molar-refractivity contribution < 1.29 is 22.0 Å². The molecule has 1 aliphatic heterocycles. The van der Waals surface area contributed by atoms with Crippen LogP contribution in [0.4, 0.5) is 19.6 Å². The molecule has 1 aliphatic rings. The molecule has 0 unspecified atom stereocenters. The van der Waals surface area contributed by atoms with Crippen LogP contribution in [0.2, 0.25) is 0 Å². The Hall–Kier alpha value is -3.61. The van der Waals surface area contributed by atoms with Crippen molar-refractivity contribution in [2.75, 3.05) is 48.9 Å². The van der Waals surface area contributed by atoms with Gasteiger partial charge in [-0.2, -0.15) is 0 Å². The van der Waals surface area contributed by atoms with Crippen molar-refractivity contribution >= 4 is 48.3 Å². The van der Waals surface area contributed by atoms with Crippen LogP contribution in [-0.4, -0.2) is 63.5 Å². The first-order valence-electron chi connectivity index (χ1n) is 12.0. The molecule has 1 saturated heterocycles. The fourth-order valence-electron chi connectivity index (χ4n) is 4.24. The van der Waals surface area contributed by atoms with Crippen LogP contribution in [0.3, 0.4) is 0 Å². The summed E-state index contributed by atoms with van der Waals surface area (Å²) in [7, 11) is -3.83. The maximum absolute atomic E-state index is 14.0. The van der Waals surface area contributed by atoms with Crippen LogP contribution in [0.1, 0.15) is 10.4 Å². The average molecular weight is 558 g/mol. The Morgan fingerprint density at radius 1 is 0.974 bits per heavy atom. The average Bonchev–Trinajstić information content (AvgIpc) is 3.34. The summed E-state index contributed by atoms with van der Waals surface area (Å²) in [5, 5.41) is 3.53. The molecular formula is C26H25F2N5O3S2. The molecular weight excluding hydrogens is 532 g/mol. The van der Waals surface area contributed by atoms with Crippen molar-refractivity contribution in [2.24, 2.45) is 0 Å². The molecule has 4 aromatic rings. The number of para-hydroxylation sites is 1. The summed E-state index contributed by atoms with van der Waals surface area (Å²) in [6.07, 6.45) is 0. The third-order valence-electron chi connectivity index (χ3n) is 6.23. The number of aromatic nitrogens is 1. The van der Waals surface area contributed by atoms with Crippen molar-refractivity contribution in [1.82, 2.24) is 15.2 Å². The molecule has 0 aliphatic carbocycles. The van der Waals surface area contributed by atoms with Crippen molar-refractivity contribution in [3.05, 3.63) is 83.9 Å². The minimum Gasteiger partial charge on any atom is -0.351 e. The van der Waals surface area contributed by atoms with Gasteiger partial charge in [0.05, 0.1) is 20.8 Å². The standard InChI is InChI=1S/C26H25F2N5O3S2/c27-18-16-21(28)24-23(17-18)37-26(30-24)33-14-12-32(13-15-33)11-10-29-25(34)20-8-4-5-9-22(20)31-38(35,36)19-6-2-1-3-7-19/h1-9,16-17,31H,10-15H2,(H,29,34). The number of nitrogens with one attached hydrogen (secondary N) is 2. The number of thiazole rings is 1. The van der Waals surface area contributed by atoms with E-state index >= 15 is 0 Å². The molecule has 12 heteroatoms. The van der Waals surface area contributed by atoms with Crippen molar-refractivity contribution in [1.29, 1.82) is 0 Å². The van der Waals surface area contributed by atoms with E-state index in [1.54, 1.807) is 42.5 Å². The Morgan fingerprint density at radius 2 is 1.68 bits per heavy atom. The van der Waals surface area contributed by atoms with Crippen molar-refractivity contribution in [3.63, 3.8) is 0 Å². The van der Waals surface area contributed by atoms with E-state index in [4.69, 9.17) is 0 Å². The van der Waals surface area contributed by atoms with Crippen LogP contribution < -0.4 is 14.9 Å². The fraction of sp³-hybridized carbons (Fsp3) is 0.231. The largest absolute Gasteiger partial charge is 0.351 e. The summed E-state index contributed by atoms with van der Waals surface area (Å²) >= 11 is 1.27. The molecule has 1 fully saturated rings. The van der Waals surface area contributed by atoms with Crippen LogP contribution in [0, 0.1) is 11.6 Å². The van der Waals surface area contributed by atoms with Gasteiger partial charge in [0.1, 0.15) is 11.3 Å². The summed E-state index contributed by atoms with van der Waals surface area (Å²) in [6.45, 7) is 3.76. The molecule has 0 atom stereocenters. The van der Waals surface area contributed by atoms with Gasteiger partial charge in [-0.1, -0.05) is 41.7 Å². The number of carbonyl (C=O) groups excluding carboxylic acids is 1. The van der Waals surface area contributed by atoms with Crippen LogP contribution >= 0.6 is 11.3 Å². The van der Waals surface area contributed by atoms with E-state index < -0.39 is 21.7 Å². The van der Waals surface area contributed by atoms with E-state index in [9.17, 15) is 22.0 Å². The molecule has 3 aromatic carbocycles. The van der Waals surface area contributed by atoms with Crippen LogP contribution in [0.25, 0.3) is 10.2 Å². The summed E-state index contributed by atoms with van der Waals surface area (Å²) in [6, 6.07) is 16.6. The summed E-state index contributed by atoms with van der Waals surface area (Å²) in [5.41, 5.74) is 0.619. The van der Waals surface area contributed by atoms with E-state index in [1.165, 1.54) is 29.5 Å². The number of fused-ring (bicyclic) bond motifs is 1. The number of hydrogen-bond donors (Lipinski definition) is 2. The van der Waals surface area contributed by atoms with Gasteiger partial charge in [-0.25, -0.2) is 22.2 Å². The number of benzene rings is 3. The third kappa shape index (κ3) is 5.77. The van der Waals surface area contributed by atoms with Crippen molar-refractivity contribution in [3.8, 4) is 0 Å². The van der Waals surface area contributed by atoms with Gasteiger partial charge >= 0.3 is 0 Å². The van der Waals surface area contributed by atoms with Crippen LogP contribution in [0.5, 0.6) is 0 Å². The van der Waals surface area contributed by atoms with Gasteiger partial charge in [0.2, 0.25) is 0 Å². The van der Waals surface area contributed by atoms with E-state index in [0.717, 1.165) is 19.2 Å². The summed E-state index contributed by atoms with van der Waals surface area (Å²) < 4.78 is 55.9. The second-order valence-electron chi connectivity index (χ2n) is 8.78. The lowest BCUT2D eigenvalue weighted by Crippen LogP contribution is -2.48. The lowest BCUT2D eigenvalue weighted by molar-refractivity contribution is 0.0948. The highest BCUT2D eigenvalue weighted by molar-refractivity contribution is 7.92. The molecule has 1 amide bonds. The molecule has 0 spiro atoms. The minimum absolute atomic E-state index is 0.109. The van der Waals surface area contributed by atoms with Gasteiger partial charge < -0.3 is 10.2 Å². The Labute approximate surface area is 223 Å². The minimum atomic E-state index is -3.83. The van der Waals surface area contributed by atoms with E-state index in [2.05, 4.69) is 19.9 Å². The Morgan fingerprint density at radius 3 is 2.45 bits per heavy atom. The molecule has 0 bridgehead atoms. The SMILES string of the molecule is O=C(NCCN1CCN(c2nc3c(F)cc(F)cc3s2)CC1)c1ccccc1NS(=O)(=O)c1ccccc1.